The smallest absolute Gasteiger partial charge is 0.408 e. The summed E-state index contributed by atoms with van der Waals surface area (Å²) in [4.78, 5) is 22.9. The molecule has 0 aliphatic rings. The molecule has 6 heteroatoms. The van der Waals surface area contributed by atoms with Gasteiger partial charge in [-0.25, -0.2) is 4.79 Å². The van der Waals surface area contributed by atoms with Crippen LogP contribution in [0.25, 0.3) is 0 Å². The number of amides is 1. The van der Waals surface area contributed by atoms with E-state index in [9.17, 15) is 19.8 Å². The number of aliphatic hydroxyl groups is 1. The highest BCUT2D eigenvalue weighted by Gasteiger charge is 2.26. The van der Waals surface area contributed by atoms with Crippen molar-refractivity contribution < 1.29 is 24.5 Å². The number of aryl methyl sites for hydroxylation is 1. The Labute approximate surface area is 130 Å². The van der Waals surface area contributed by atoms with Crippen molar-refractivity contribution in [2.45, 2.75) is 51.9 Å². The van der Waals surface area contributed by atoms with Crippen LogP contribution < -0.4 is 10.4 Å². The number of hydrogen-bond acceptors (Lipinski definition) is 5. The number of alkyl carbamates (subject to hydrolysis) is 1. The predicted octanol–water partition coefficient (Wildman–Crippen LogP) is 0.926. The molecule has 1 aromatic rings. The normalized spacial score (nSPS) is 14.0. The topological polar surface area (TPSA) is 98.7 Å². The minimum atomic E-state index is -1.60. The number of aliphatic hydroxyl groups excluding tert-OH is 1. The molecule has 0 fully saturated rings. The standard InChI is InChI=1S/C16H23NO5/c1-5-10-6-8-11(9-7-10)13(18)12(14(19)20)17-15(21)22-16(2,3)4/h6-9,12-13,18H,5H2,1-4H3,(H,17,21)(H,19,20)/p-1/t12-,13+/m1/s1. The first-order valence-corrected chi connectivity index (χ1v) is 7.11. The van der Waals surface area contributed by atoms with Crippen molar-refractivity contribution in [3.63, 3.8) is 0 Å². The summed E-state index contributed by atoms with van der Waals surface area (Å²) in [6, 6.07) is 5.23. The number of carbonyl (C=O) groups excluding carboxylic acids is 2. The molecule has 22 heavy (non-hydrogen) atoms. The second kappa shape index (κ2) is 7.26. The van der Waals surface area contributed by atoms with Gasteiger partial charge < -0.3 is 25.1 Å². The molecule has 0 bridgehead atoms. The summed E-state index contributed by atoms with van der Waals surface area (Å²) in [6.07, 6.45) is -1.52. The Kier molecular flexibility index (Phi) is 5.93. The van der Waals surface area contributed by atoms with E-state index in [4.69, 9.17) is 4.74 Å². The van der Waals surface area contributed by atoms with E-state index in [0.717, 1.165) is 12.0 Å². The van der Waals surface area contributed by atoms with Gasteiger partial charge in [0, 0.05) is 0 Å². The number of aliphatic carboxylic acids is 1. The van der Waals surface area contributed by atoms with Crippen molar-refractivity contribution in [1.82, 2.24) is 5.32 Å². The number of carboxylic acids is 1. The van der Waals surface area contributed by atoms with Crippen LogP contribution in [0.1, 0.15) is 44.9 Å². The van der Waals surface area contributed by atoms with E-state index in [-0.39, 0.29) is 0 Å². The summed E-state index contributed by atoms with van der Waals surface area (Å²) < 4.78 is 4.99. The van der Waals surface area contributed by atoms with E-state index in [1.54, 1.807) is 45.0 Å². The zero-order chi connectivity index (χ0) is 16.9. The average Bonchev–Trinajstić information content (AvgIpc) is 2.42. The lowest BCUT2D eigenvalue weighted by molar-refractivity contribution is -0.310. The van der Waals surface area contributed by atoms with Crippen LogP contribution in [0.2, 0.25) is 0 Å². The fourth-order valence-electron chi connectivity index (χ4n) is 1.84. The number of rotatable bonds is 5. The number of carboxylic acid groups (broad SMARTS) is 1. The zero-order valence-corrected chi connectivity index (χ0v) is 13.3. The van der Waals surface area contributed by atoms with Crippen molar-refractivity contribution in [3.8, 4) is 0 Å². The lowest BCUT2D eigenvalue weighted by atomic mass is 10.0. The first-order chi connectivity index (χ1) is 10.1. The number of ether oxygens (including phenoxy) is 1. The molecule has 1 rings (SSSR count). The van der Waals surface area contributed by atoms with E-state index in [2.05, 4.69) is 5.32 Å². The average molecular weight is 308 g/mol. The molecule has 6 nitrogen and oxygen atoms in total. The Balaban J connectivity index is 2.85. The quantitative estimate of drug-likeness (QED) is 0.843. The van der Waals surface area contributed by atoms with Gasteiger partial charge in [-0.15, -0.1) is 0 Å². The maximum absolute atomic E-state index is 11.7. The summed E-state index contributed by atoms with van der Waals surface area (Å²) in [5, 5.41) is 23.5. The molecular formula is C16H22NO5-. The Morgan fingerprint density at radius 3 is 2.23 bits per heavy atom. The molecule has 0 unspecified atom stereocenters. The largest absolute Gasteiger partial charge is 0.548 e. The van der Waals surface area contributed by atoms with Crippen LogP contribution in [0.15, 0.2) is 24.3 Å². The highest BCUT2D eigenvalue weighted by atomic mass is 16.6. The van der Waals surface area contributed by atoms with Gasteiger partial charge in [0.15, 0.2) is 0 Å². The van der Waals surface area contributed by atoms with E-state index >= 15 is 0 Å². The molecule has 2 atom stereocenters. The first kappa shape index (κ1) is 18.0. The Morgan fingerprint density at radius 2 is 1.82 bits per heavy atom. The van der Waals surface area contributed by atoms with Crippen LogP contribution >= 0.6 is 0 Å². The monoisotopic (exact) mass is 308 g/mol. The van der Waals surface area contributed by atoms with Crippen molar-refractivity contribution in [2.75, 3.05) is 0 Å². The lowest BCUT2D eigenvalue weighted by Gasteiger charge is -2.27. The fourth-order valence-corrected chi connectivity index (χ4v) is 1.84. The SMILES string of the molecule is CCc1ccc([C@H](O)[C@@H](NC(=O)OC(C)(C)C)C(=O)[O-])cc1. The maximum atomic E-state index is 11.7. The molecule has 0 aromatic heterocycles. The molecule has 0 heterocycles. The van der Waals surface area contributed by atoms with E-state index in [1.807, 2.05) is 6.92 Å². The van der Waals surface area contributed by atoms with Gasteiger partial charge in [0.1, 0.15) is 17.7 Å². The van der Waals surface area contributed by atoms with Crippen LogP contribution in [0, 0.1) is 0 Å². The van der Waals surface area contributed by atoms with E-state index in [0.29, 0.717) is 5.56 Å². The van der Waals surface area contributed by atoms with Gasteiger partial charge >= 0.3 is 6.09 Å². The van der Waals surface area contributed by atoms with Gasteiger partial charge in [0.2, 0.25) is 0 Å². The second-order valence-electron chi connectivity index (χ2n) is 5.98. The fraction of sp³-hybridized carbons (Fsp3) is 0.500. The Morgan fingerprint density at radius 1 is 1.27 bits per heavy atom. The van der Waals surface area contributed by atoms with Gasteiger partial charge in [-0.2, -0.15) is 0 Å². The molecule has 0 aliphatic heterocycles. The van der Waals surface area contributed by atoms with Crippen molar-refractivity contribution in [2.24, 2.45) is 0 Å². The number of benzene rings is 1. The van der Waals surface area contributed by atoms with E-state index in [1.165, 1.54) is 0 Å². The highest BCUT2D eigenvalue weighted by Crippen LogP contribution is 2.18. The van der Waals surface area contributed by atoms with Crippen LogP contribution in [0.3, 0.4) is 0 Å². The van der Waals surface area contributed by atoms with Crippen LogP contribution in [0.4, 0.5) is 4.79 Å². The molecule has 0 aliphatic carbocycles. The predicted molar refractivity (Wildman–Crippen MR) is 78.9 cm³/mol. The summed E-state index contributed by atoms with van der Waals surface area (Å²) in [5.74, 6) is -1.59. The lowest BCUT2D eigenvalue weighted by Crippen LogP contribution is -2.52. The second-order valence-corrected chi connectivity index (χ2v) is 5.98. The molecule has 0 saturated carbocycles. The van der Waals surface area contributed by atoms with Gasteiger partial charge in [-0.3, -0.25) is 0 Å². The number of carbonyl (C=O) groups is 2. The third-order valence-corrected chi connectivity index (χ3v) is 2.97. The summed E-state index contributed by atoms with van der Waals surface area (Å²) in [6.45, 7) is 6.95. The molecule has 1 amide bonds. The first-order valence-electron chi connectivity index (χ1n) is 7.11. The summed E-state index contributed by atoms with van der Waals surface area (Å²) in [7, 11) is 0. The molecule has 1 aromatic carbocycles. The molecule has 2 N–H and O–H groups in total. The maximum Gasteiger partial charge on any atom is 0.408 e. The number of nitrogens with one attached hydrogen (secondary N) is 1. The third kappa shape index (κ3) is 5.37. The molecule has 0 radical (unpaired) electrons. The highest BCUT2D eigenvalue weighted by molar-refractivity contribution is 5.79. The van der Waals surface area contributed by atoms with Crippen LogP contribution in [-0.4, -0.2) is 28.8 Å². The molecular weight excluding hydrogens is 286 g/mol. The molecule has 122 valence electrons. The minimum Gasteiger partial charge on any atom is -0.548 e. The van der Waals surface area contributed by atoms with Gasteiger partial charge in [-0.1, -0.05) is 31.2 Å². The Bertz CT molecular complexity index is 518. The van der Waals surface area contributed by atoms with E-state index < -0.39 is 29.8 Å². The van der Waals surface area contributed by atoms with Crippen molar-refractivity contribution in [1.29, 1.82) is 0 Å². The van der Waals surface area contributed by atoms with Gasteiger partial charge in [0.05, 0.1) is 5.97 Å². The summed E-state index contributed by atoms with van der Waals surface area (Å²) in [5.41, 5.74) is 0.664. The van der Waals surface area contributed by atoms with Crippen molar-refractivity contribution >= 4 is 12.1 Å². The van der Waals surface area contributed by atoms with Gasteiger partial charge in [0.25, 0.3) is 0 Å². The minimum absolute atomic E-state index is 0.377. The molecule has 0 saturated heterocycles. The molecule has 0 spiro atoms. The van der Waals surface area contributed by atoms with Crippen LogP contribution in [-0.2, 0) is 16.0 Å². The van der Waals surface area contributed by atoms with Crippen molar-refractivity contribution in [3.05, 3.63) is 35.4 Å². The van der Waals surface area contributed by atoms with Crippen LogP contribution in [0.5, 0.6) is 0 Å². The zero-order valence-electron chi connectivity index (χ0n) is 13.3. The summed E-state index contributed by atoms with van der Waals surface area (Å²) >= 11 is 0. The Hall–Kier alpha value is -2.08. The van der Waals surface area contributed by atoms with Gasteiger partial charge in [-0.05, 0) is 38.3 Å². The third-order valence-electron chi connectivity index (χ3n) is 2.97. The number of hydrogen-bond donors (Lipinski definition) is 2.